The summed E-state index contributed by atoms with van der Waals surface area (Å²) in [6, 6.07) is 10.6. The Morgan fingerprint density at radius 2 is 1.68 bits per heavy atom. The fourth-order valence-electron chi connectivity index (χ4n) is 1.95. The lowest BCUT2D eigenvalue weighted by Crippen LogP contribution is -2.09. The van der Waals surface area contributed by atoms with Gasteiger partial charge in [-0.1, -0.05) is 25.2 Å². The van der Waals surface area contributed by atoms with Crippen LogP contribution in [0.2, 0.25) is 0 Å². The van der Waals surface area contributed by atoms with Crippen molar-refractivity contribution in [1.82, 2.24) is 0 Å². The zero-order valence-electron chi connectivity index (χ0n) is 15.7. The first kappa shape index (κ1) is 23.3. The van der Waals surface area contributed by atoms with Crippen molar-refractivity contribution in [2.75, 3.05) is 12.4 Å². The third-order valence-corrected chi connectivity index (χ3v) is 11.8. The van der Waals surface area contributed by atoms with Crippen LogP contribution >= 0.6 is 28.5 Å². The second kappa shape index (κ2) is 10.2. The number of hydrogen-bond donors (Lipinski definition) is 0. The SMILES string of the molecule is CCOP(=O)(SCC(C)C)Sc1ccc(OS(=O)(=O)c2ccc(F)cc2)cc1. The minimum atomic E-state index is -4.06. The summed E-state index contributed by atoms with van der Waals surface area (Å²) in [6.07, 6.45) is 0. The molecule has 0 N–H and O–H groups in total. The van der Waals surface area contributed by atoms with Crippen LogP contribution < -0.4 is 4.18 Å². The molecular weight excluding hydrogens is 442 g/mol. The highest BCUT2D eigenvalue weighted by molar-refractivity contribution is 8.89. The van der Waals surface area contributed by atoms with Gasteiger partial charge in [-0.25, -0.2) is 4.39 Å². The monoisotopic (exact) mass is 464 g/mol. The molecule has 0 aromatic heterocycles. The van der Waals surface area contributed by atoms with Crippen molar-refractivity contribution >= 4 is 38.7 Å². The maximum Gasteiger partial charge on any atom is 0.339 e. The molecule has 0 bridgehead atoms. The quantitative estimate of drug-likeness (QED) is 0.305. The average Bonchev–Trinajstić information content (AvgIpc) is 2.62. The Labute approximate surface area is 173 Å². The molecule has 0 saturated carbocycles. The normalized spacial score (nSPS) is 14.0. The molecule has 0 spiro atoms. The lowest BCUT2D eigenvalue weighted by atomic mass is 10.3. The summed E-state index contributed by atoms with van der Waals surface area (Å²) >= 11 is 2.43. The van der Waals surface area contributed by atoms with Gasteiger partial charge < -0.3 is 8.71 Å². The summed E-state index contributed by atoms with van der Waals surface area (Å²) in [6.45, 7) is 6.22. The Balaban J connectivity index is 2.09. The van der Waals surface area contributed by atoms with E-state index in [-0.39, 0.29) is 10.6 Å². The molecule has 2 aromatic carbocycles. The molecule has 154 valence electrons. The van der Waals surface area contributed by atoms with Crippen LogP contribution in [0.1, 0.15) is 20.8 Å². The van der Waals surface area contributed by atoms with Gasteiger partial charge in [-0.2, -0.15) is 8.42 Å². The Morgan fingerprint density at radius 1 is 1.07 bits per heavy atom. The smallest absolute Gasteiger partial charge is 0.339 e. The average molecular weight is 465 g/mol. The van der Waals surface area contributed by atoms with Crippen molar-refractivity contribution in [1.29, 1.82) is 0 Å². The molecule has 2 aromatic rings. The summed E-state index contributed by atoms with van der Waals surface area (Å²) < 4.78 is 61.0. The van der Waals surface area contributed by atoms with E-state index < -0.39 is 21.7 Å². The molecule has 0 aliphatic carbocycles. The van der Waals surface area contributed by atoms with E-state index in [1.807, 2.05) is 13.8 Å². The summed E-state index contributed by atoms with van der Waals surface area (Å²) in [5.74, 6) is -2.30. The van der Waals surface area contributed by atoms with Crippen LogP contribution in [-0.4, -0.2) is 20.8 Å². The molecule has 1 unspecified atom stereocenters. The van der Waals surface area contributed by atoms with Gasteiger partial charge in [0.2, 0.25) is 0 Å². The molecule has 28 heavy (non-hydrogen) atoms. The van der Waals surface area contributed by atoms with Crippen molar-refractivity contribution in [3.8, 4) is 5.75 Å². The summed E-state index contributed by atoms with van der Waals surface area (Å²) in [5, 5.41) is 0. The van der Waals surface area contributed by atoms with Gasteiger partial charge in [-0.3, -0.25) is 4.57 Å². The van der Waals surface area contributed by atoms with E-state index in [1.54, 1.807) is 19.1 Å². The minimum absolute atomic E-state index is 0.106. The Morgan fingerprint density at radius 3 is 2.21 bits per heavy atom. The molecule has 0 radical (unpaired) electrons. The number of hydrogen-bond acceptors (Lipinski definition) is 7. The molecule has 0 amide bonds. The summed E-state index contributed by atoms with van der Waals surface area (Å²) in [7, 11) is -4.06. The lowest BCUT2D eigenvalue weighted by Gasteiger charge is -2.17. The van der Waals surface area contributed by atoms with Gasteiger partial charge in [0.05, 0.1) is 6.61 Å². The maximum atomic E-state index is 13.0. The van der Waals surface area contributed by atoms with Crippen molar-refractivity contribution in [2.45, 2.75) is 30.6 Å². The van der Waals surface area contributed by atoms with Crippen molar-refractivity contribution in [2.24, 2.45) is 5.92 Å². The number of rotatable bonds is 10. The number of benzene rings is 2. The van der Waals surface area contributed by atoms with Gasteiger partial charge in [0.25, 0.3) is 0 Å². The van der Waals surface area contributed by atoms with E-state index in [2.05, 4.69) is 0 Å². The van der Waals surface area contributed by atoms with Gasteiger partial charge >= 0.3 is 15.9 Å². The first-order valence-corrected chi connectivity index (χ1v) is 14.6. The van der Waals surface area contributed by atoms with E-state index in [9.17, 15) is 17.4 Å². The lowest BCUT2D eigenvalue weighted by molar-refractivity contribution is 0.357. The van der Waals surface area contributed by atoms with Crippen LogP contribution in [-0.2, 0) is 19.2 Å². The standard InChI is InChI=1S/C18H22FO5PS3/c1-4-23-25(20,26-13-14(2)3)27-17-9-7-16(8-10-17)24-28(21,22)18-11-5-15(19)6-12-18/h5-12,14H,4,13H2,1-3H3. The van der Waals surface area contributed by atoms with E-state index in [0.29, 0.717) is 23.2 Å². The largest absolute Gasteiger partial charge is 0.379 e. The fourth-order valence-corrected chi connectivity index (χ4v) is 9.92. The summed E-state index contributed by atoms with van der Waals surface area (Å²) in [4.78, 5) is 0.540. The van der Waals surface area contributed by atoms with Crippen LogP contribution in [0.15, 0.2) is 58.3 Å². The van der Waals surface area contributed by atoms with Crippen molar-refractivity contribution < 1.29 is 26.1 Å². The fraction of sp³-hybridized carbons (Fsp3) is 0.333. The molecule has 5 nitrogen and oxygen atoms in total. The molecule has 10 heteroatoms. The molecule has 1 atom stereocenters. The molecule has 0 saturated heterocycles. The third kappa shape index (κ3) is 7.12. The first-order chi connectivity index (χ1) is 13.1. The van der Waals surface area contributed by atoms with Gasteiger partial charge in [0, 0.05) is 10.6 Å². The van der Waals surface area contributed by atoms with Gasteiger partial charge in [0.1, 0.15) is 16.5 Å². The van der Waals surface area contributed by atoms with Crippen molar-refractivity contribution in [3.63, 3.8) is 0 Å². The third-order valence-electron chi connectivity index (χ3n) is 3.20. The van der Waals surface area contributed by atoms with E-state index in [4.69, 9.17) is 8.71 Å². The second-order valence-corrected chi connectivity index (χ2v) is 15.0. The molecule has 0 aliphatic heterocycles. The van der Waals surface area contributed by atoms with E-state index in [1.165, 1.54) is 23.5 Å². The minimum Gasteiger partial charge on any atom is -0.379 e. The van der Waals surface area contributed by atoms with E-state index >= 15 is 0 Å². The second-order valence-electron chi connectivity index (χ2n) is 6.11. The van der Waals surface area contributed by atoms with Crippen LogP contribution in [0, 0.1) is 11.7 Å². The van der Waals surface area contributed by atoms with Gasteiger partial charge in [-0.05, 0) is 72.8 Å². The van der Waals surface area contributed by atoms with Crippen LogP contribution in [0.5, 0.6) is 5.75 Å². The zero-order valence-corrected chi connectivity index (χ0v) is 19.0. The molecule has 0 aliphatic rings. The highest BCUT2D eigenvalue weighted by Crippen LogP contribution is 2.72. The predicted molar refractivity (Wildman–Crippen MR) is 113 cm³/mol. The highest BCUT2D eigenvalue weighted by Gasteiger charge is 2.26. The molecule has 2 rings (SSSR count). The Kier molecular flexibility index (Phi) is 8.45. The number of halogens is 1. The van der Waals surface area contributed by atoms with Crippen LogP contribution in [0.3, 0.4) is 0 Å². The topological polar surface area (TPSA) is 69.7 Å². The molecule has 0 fully saturated rings. The Bertz CT molecular complexity index is 915. The molecule has 0 heterocycles. The Hall–Kier alpha value is -0.990. The van der Waals surface area contributed by atoms with Crippen molar-refractivity contribution in [3.05, 3.63) is 54.3 Å². The molecular formula is C18H22FO5PS3. The van der Waals surface area contributed by atoms with Gasteiger partial charge in [-0.15, -0.1) is 0 Å². The zero-order chi connectivity index (χ0) is 20.8. The summed E-state index contributed by atoms with van der Waals surface area (Å²) in [5.41, 5.74) is 0. The maximum absolute atomic E-state index is 13.0. The van der Waals surface area contributed by atoms with E-state index in [0.717, 1.165) is 35.6 Å². The predicted octanol–water partition coefficient (Wildman–Crippen LogP) is 6.22. The van der Waals surface area contributed by atoms with Gasteiger partial charge in [0.15, 0.2) is 0 Å². The van der Waals surface area contributed by atoms with Crippen LogP contribution in [0.4, 0.5) is 4.39 Å². The van der Waals surface area contributed by atoms with Crippen LogP contribution in [0.25, 0.3) is 0 Å². The highest BCUT2D eigenvalue weighted by atomic mass is 33.1. The first-order valence-electron chi connectivity index (χ1n) is 8.52.